The quantitative estimate of drug-likeness (QED) is 0.795. The zero-order valence-electron chi connectivity index (χ0n) is 9.27. The molecule has 1 atom stereocenters. The number of hydrogen-bond donors (Lipinski definition) is 0. The molecule has 1 heterocycles. The SMILES string of the molecule is CC[C@@H](C)c1nc(-c2ccc(F)cc2)no1. The van der Waals surface area contributed by atoms with Gasteiger partial charge in [-0.25, -0.2) is 4.39 Å². The highest BCUT2D eigenvalue weighted by atomic mass is 19.1. The van der Waals surface area contributed by atoms with E-state index in [2.05, 4.69) is 17.1 Å². The molecule has 0 unspecified atom stereocenters. The van der Waals surface area contributed by atoms with E-state index in [1.54, 1.807) is 12.1 Å². The first-order valence-electron chi connectivity index (χ1n) is 5.30. The number of halogens is 1. The molecule has 1 aromatic heterocycles. The average molecular weight is 220 g/mol. The van der Waals surface area contributed by atoms with Gasteiger partial charge in [0.15, 0.2) is 0 Å². The molecule has 0 bridgehead atoms. The fraction of sp³-hybridized carbons (Fsp3) is 0.333. The standard InChI is InChI=1S/C12H13FN2O/c1-3-8(2)12-14-11(15-16-12)9-4-6-10(13)7-5-9/h4-8H,3H2,1-2H3/t8-/m1/s1. The van der Waals surface area contributed by atoms with Crippen molar-refractivity contribution in [2.75, 3.05) is 0 Å². The van der Waals surface area contributed by atoms with Gasteiger partial charge in [-0.15, -0.1) is 0 Å². The maximum atomic E-state index is 12.7. The lowest BCUT2D eigenvalue weighted by Gasteiger charge is -1.98. The zero-order chi connectivity index (χ0) is 11.5. The van der Waals surface area contributed by atoms with Crippen LogP contribution in [0, 0.1) is 5.82 Å². The second kappa shape index (κ2) is 4.43. The maximum absolute atomic E-state index is 12.7. The van der Waals surface area contributed by atoms with E-state index in [9.17, 15) is 4.39 Å². The van der Waals surface area contributed by atoms with E-state index >= 15 is 0 Å². The van der Waals surface area contributed by atoms with Crippen LogP contribution in [0.1, 0.15) is 32.1 Å². The second-order valence-corrected chi connectivity index (χ2v) is 3.77. The third-order valence-corrected chi connectivity index (χ3v) is 2.58. The van der Waals surface area contributed by atoms with Gasteiger partial charge in [0.2, 0.25) is 11.7 Å². The number of hydrogen-bond acceptors (Lipinski definition) is 3. The summed E-state index contributed by atoms with van der Waals surface area (Å²) in [5, 5.41) is 3.88. The molecule has 16 heavy (non-hydrogen) atoms. The number of nitrogens with zero attached hydrogens (tertiary/aromatic N) is 2. The highest BCUT2D eigenvalue weighted by molar-refractivity contribution is 5.53. The van der Waals surface area contributed by atoms with Crippen LogP contribution in [0.4, 0.5) is 4.39 Å². The minimum absolute atomic E-state index is 0.252. The molecule has 84 valence electrons. The van der Waals surface area contributed by atoms with Crippen molar-refractivity contribution in [3.8, 4) is 11.4 Å². The van der Waals surface area contributed by atoms with Crippen LogP contribution < -0.4 is 0 Å². The van der Waals surface area contributed by atoms with Crippen molar-refractivity contribution in [3.05, 3.63) is 36.0 Å². The van der Waals surface area contributed by atoms with Crippen molar-refractivity contribution in [1.82, 2.24) is 10.1 Å². The predicted molar refractivity (Wildman–Crippen MR) is 58.4 cm³/mol. The van der Waals surface area contributed by atoms with Gasteiger partial charge < -0.3 is 4.52 Å². The summed E-state index contributed by atoms with van der Waals surface area (Å²) in [5.74, 6) is 1.12. The first-order chi connectivity index (χ1) is 7.70. The largest absolute Gasteiger partial charge is 0.339 e. The first kappa shape index (κ1) is 10.8. The van der Waals surface area contributed by atoms with E-state index in [0.717, 1.165) is 12.0 Å². The lowest BCUT2D eigenvalue weighted by atomic mass is 10.1. The first-order valence-corrected chi connectivity index (χ1v) is 5.30. The number of benzene rings is 1. The summed E-state index contributed by atoms with van der Waals surface area (Å²) < 4.78 is 17.9. The smallest absolute Gasteiger partial charge is 0.229 e. The van der Waals surface area contributed by atoms with Gasteiger partial charge in [0.1, 0.15) is 5.82 Å². The van der Waals surface area contributed by atoms with Gasteiger partial charge in [0, 0.05) is 11.5 Å². The molecule has 0 fully saturated rings. The molecule has 0 aliphatic heterocycles. The third kappa shape index (κ3) is 2.10. The Morgan fingerprint density at radius 1 is 1.31 bits per heavy atom. The Labute approximate surface area is 93.3 Å². The molecule has 0 amide bonds. The fourth-order valence-corrected chi connectivity index (χ4v) is 1.33. The summed E-state index contributed by atoms with van der Waals surface area (Å²) in [6.07, 6.45) is 0.949. The molecule has 0 saturated carbocycles. The van der Waals surface area contributed by atoms with Gasteiger partial charge in [-0.2, -0.15) is 4.98 Å². The molecule has 0 spiro atoms. The summed E-state index contributed by atoms with van der Waals surface area (Å²) in [5.41, 5.74) is 0.764. The van der Waals surface area contributed by atoms with Crippen LogP contribution in [0.5, 0.6) is 0 Å². The van der Waals surface area contributed by atoms with E-state index in [4.69, 9.17) is 4.52 Å². The monoisotopic (exact) mass is 220 g/mol. The average Bonchev–Trinajstić information content (AvgIpc) is 2.78. The topological polar surface area (TPSA) is 38.9 Å². The summed E-state index contributed by atoms with van der Waals surface area (Å²) >= 11 is 0. The summed E-state index contributed by atoms with van der Waals surface area (Å²) in [6, 6.07) is 6.05. The highest BCUT2D eigenvalue weighted by Crippen LogP contribution is 2.21. The molecule has 0 radical (unpaired) electrons. The molecule has 0 aliphatic rings. The van der Waals surface area contributed by atoms with Crippen LogP contribution in [0.15, 0.2) is 28.8 Å². The Morgan fingerprint density at radius 2 is 2.00 bits per heavy atom. The van der Waals surface area contributed by atoms with Crippen molar-refractivity contribution >= 4 is 0 Å². The van der Waals surface area contributed by atoms with Crippen molar-refractivity contribution in [1.29, 1.82) is 0 Å². The molecule has 3 nitrogen and oxygen atoms in total. The van der Waals surface area contributed by atoms with E-state index < -0.39 is 0 Å². The van der Waals surface area contributed by atoms with Crippen LogP contribution in [0.3, 0.4) is 0 Å². The summed E-state index contributed by atoms with van der Waals surface area (Å²) in [7, 11) is 0. The van der Waals surface area contributed by atoms with Crippen LogP contribution in [-0.4, -0.2) is 10.1 Å². The predicted octanol–water partition coefficient (Wildman–Crippen LogP) is 3.39. The minimum atomic E-state index is -0.269. The van der Waals surface area contributed by atoms with Gasteiger partial charge in [-0.1, -0.05) is 19.0 Å². The molecular formula is C12H13FN2O. The molecule has 0 saturated heterocycles. The van der Waals surface area contributed by atoms with Crippen molar-refractivity contribution in [2.24, 2.45) is 0 Å². The highest BCUT2D eigenvalue weighted by Gasteiger charge is 2.13. The second-order valence-electron chi connectivity index (χ2n) is 3.77. The summed E-state index contributed by atoms with van der Waals surface area (Å²) in [4.78, 5) is 4.28. The Hall–Kier alpha value is -1.71. The Bertz CT molecular complexity index is 464. The minimum Gasteiger partial charge on any atom is -0.339 e. The number of rotatable bonds is 3. The van der Waals surface area contributed by atoms with Crippen molar-refractivity contribution in [2.45, 2.75) is 26.2 Å². The van der Waals surface area contributed by atoms with Gasteiger partial charge >= 0.3 is 0 Å². The Kier molecular flexibility index (Phi) is 2.99. The van der Waals surface area contributed by atoms with E-state index in [1.807, 2.05) is 6.92 Å². The molecule has 0 N–H and O–H groups in total. The Balaban J connectivity index is 2.28. The van der Waals surface area contributed by atoms with E-state index in [0.29, 0.717) is 11.7 Å². The molecule has 2 aromatic rings. The lowest BCUT2D eigenvalue weighted by Crippen LogP contribution is -1.90. The van der Waals surface area contributed by atoms with Crippen molar-refractivity contribution in [3.63, 3.8) is 0 Å². The van der Waals surface area contributed by atoms with Crippen LogP contribution in [0.25, 0.3) is 11.4 Å². The fourth-order valence-electron chi connectivity index (χ4n) is 1.33. The van der Waals surface area contributed by atoms with Gasteiger partial charge in [-0.3, -0.25) is 0 Å². The van der Waals surface area contributed by atoms with Crippen LogP contribution in [-0.2, 0) is 0 Å². The Morgan fingerprint density at radius 3 is 2.62 bits per heavy atom. The lowest BCUT2D eigenvalue weighted by molar-refractivity contribution is 0.357. The van der Waals surface area contributed by atoms with Crippen molar-refractivity contribution < 1.29 is 8.91 Å². The third-order valence-electron chi connectivity index (χ3n) is 2.58. The number of aromatic nitrogens is 2. The van der Waals surface area contributed by atoms with Gasteiger partial charge in [0.05, 0.1) is 0 Å². The molecule has 0 aliphatic carbocycles. The molecule has 4 heteroatoms. The van der Waals surface area contributed by atoms with Gasteiger partial charge in [-0.05, 0) is 30.7 Å². The van der Waals surface area contributed by atoms with E-state index in [1.165, 1.54) is 12.1 Å². The molecule has 2 rings (SSSR count). The normalized spacial score (nSPS) is 12.7. The maximum Gasteiger partial charge on any atom is 0.229 e. The summed E-state index contributed by atoms with van der Waals surface area (Å²) in [6.45, 7) is 4.09. The zero-order valence-corrected chi connectivity index (χ0v) is 9.27. The van der Waals surface area contributed by atoms with Crippen LogP contribution >= 0.6 is 0 Å². The molecular weight excluding hydrogens is 207 g/mol. The van der Waals surface area contributed by atoms with Gasteiger partial charge in [0.25, 0.3) is 0 Å². The van der Waals surface area contributed by atoms with E-state index in [-0.39, 0.29) is 11.7 Å². The molecule has 1 aromatic carbocycles. The van der Waals surface area contributed by atoms with Crippen LogP contribution in [0.2, 0.25) is 0 Å².